The van der Waals surface area contributed by atoms with E-state index >= 15 is 0 Å². The summed E-state index contributed by atoms with van der Waals surface area (Å²) in [7, 11) is -10.4. The van der Waals surface area contributed by atoms with Crippen LogP contribution in [0.15, 0.2) is 136 Å². The van der Waals surface area contributed by atoms with Crippen molar-refractivity contribution in [2.24, 2.45) is 0 Å². The van der Waals surface area contributed by atoms with E-state index in [1.807, 2.05) is 118 Å². The Morgan fingerprint density at radius 1 is 0.827 bits per heavy atom. The summed E-state index contributed by atoms with van der Waals surface area (Å²) in [5, 5.41) is 14.3. The molecule has 1 atom stereocenters. The van der Waals surface area contributed by atoms with Crippen LogP contribution >= 0.6 is 43.1 Å². The average Bonchev–Trinajstić information content (AvgIpc) is 3.72. The van der Waals surface area contributed by atoms with Crippen molar-refractivity contribution in [1.29, 1.82) is 0 Å². The number of piperazine rings is 1. The number of aromatic carboxylic acids is 1. The van der Waals surface area contributed by atoms with Crippen LogP contribution in [0.3, 0.4) is 0 Å². The molecule has 75 heavy (non-hydrogen) atoms. The zero-order valence-electron chi connectivity index (χ0n) is 41.4. The number of carboxylic acids is 1. The second kappa shape index (κ2) is 24.0. The molecule has 400 valence electrons. The minimum atomic E-state index is -5.79. The maximum absolute atomic E-state index is 14.3. The quantitative estimate of drug-likeness (QED) is 0.0277. The summed E-state index contributed by atoms with van der Waals surface area (Å²) >= 11 is 8.73. The van der Waals surface area contributed by atoms with Crippen LogP contribution in [-0.4, -0.2) is 108 Å². The van der Waals surface area contributed by atoms with Gasteiger partial charge in [-0.05, 0) is 142 Å². The molecule has 2 aliphatic rings. The fourth-order valence-electron chi connectivity index (χ4n) is 9.66. The molecule has 5 N–H and O–H groups in total. The fraction of sp³-hybridized carbons (Fsp3) is 0.340. The molecule has 0 bridgehead atoms. The Hall–Kier alpha value is -5.15. The van der Waals surface area contributed by atoms with E-state index in [0.29, 0.717) is 92.8 Å². The van der Waals surface area contributed by atoms with Crippen molar-refractivity contribution >= 4 is 81.7 Å². The number of benzene rings is 5. The van der Waals surface area contributed by atoms with E-state index in [2.05, 4.69) is 35.4 Å². The number of alkyl halides is 3. The molecule has 5 aromatic carbocycles. The van der Waals surface area contributed by atoms with E-state index in [4.69, 9.17) is 16.1 Å². The summed E-state index contributed by atoms with van der Waals surface area (Å²) in [6, 6.07) is 36.0. The smallest absolute Gasteiger partial charge is 0.478 e. The third kappa shape index (κ3) is 13.9. The van der Waals surface area contributed by atoms with Gasteiger partial charge in [0.05, 0.1) is 23.0 Å². The number of halogens is 4. The molecule has 0 aliphatic carbocycles. The molecule has 0 saturated carbocycles. The first-order chi connectivity index (χ1) is 35.6. The van der Waals surface area contributed by atoms with Gasteiger partial charge in [0.2, 0.25) is 0 Å². The Labute approximate surface area is 448 Å². The lowest BCUT2D eigenvalue weighted by Crippen LogP contribution is -2.46. The lowest BCUT2D eigenvalue weighted by Gasteiger charge is -2.37. The molecule has 2 saturated heterocycles. The van der Waals surface area contributed by atoms with Crippen LogP contribution in [0, 0.1) is 6.92 Å². The maximum atomic E-state index is 14.3. The van der Waals surface area contributed by atoms with Crippen LogP contribution in [0.4, 0.5) is 35.9 Å². The number of likely N-dealkylation sites (tertiary alicyclic amines) is 1. The molecule has 0 amide bonds. The van der Waals surface area contributed by atoms with E-state index in [-0.39, 0.29) is 22.2 Å². The summed E-state index contributed by atoms with van der Waals surface area (Å²) in [5.74, 6) is -0.591. The van der Waals surface area contributed by atoms with Gasteiger partial charge in [-0.25, -0.2) is 17.8 Å². The number of nitrogens with one attached hydrogen (secondary N) is 2. The Morgan fingerprint density at radius 3 is 2.09 bits per heavy atom. The minimum absolute atomic E-state index is 0.0105. The van der Waals surface area contributed by atoms with Gasteiger partial charge in [0.15, 0.2) is 0 Å². The molecule has 2 fully saturated rings. The van der Waals surface area contributed by atoms with Crippen molar-refractivity contribution in [2.75, 3.05) is 71.4 Å². The summed E-state index contributed by atoms with van der Waals surface area (Å²) in [6.45, 7) is 10.2. The van der Waals surface area contributed by atoms with E-state index in [0.717, 1.165) is 51.1 Å². The van der Waals surface area contributed by atoms with Crippen molar-refractivity contribution in [2.45, 2.75) is 78.4 Å². The monoisotopic (exact) mass is 1130 g/mol. The fourth-order valence-corrected chi connectivity index (χ4v) is 13.1. The lowest BCUT2D eigenvalue weighted by atomic mass is 9.96. The molecular formula is C53H59ClF3N6O8PS3. The number of hydrogen-bond donors (Lipinski definition) is 5. The van der Waals surface area contributed by atoms with E-state index < -0.39 is 46.2 Å². The predicted octanol–water partition coefficient (Wildman–Crippen LogP) is 12.3. The van der Waals surface area contributed by atoms with Gasteiger partial charge in [0.1, 0.15) is 4.90 Å². The van der Waals surface area contributed by atoms with Crippen molar-refractivity contribution < 1.29 is 50.4 Å². The number of phosphoric acid groups is 1. The first-order valence-electron chi connectivity index (χ1n) is 24.4. The highest BCUT2D eigenvalue weighted by Gasteiger charge is 2.48. The second-order valence-corrected chi connectivity index (χ2v) is 24.2. The molecule has 14 nitrogen and oxygen atoms in total. The van der Waals surface area contributed by atoms with Crippen LogP contribution in [0.25, 0.3) is 22.4 Å². The second-order valence-electron chi connectivity index (χ2n) is 18.7. The van der Waals surface area contributed by atoms with E-state index in [1.165, 1.54) is 17.8 Å². The predicted molar refractivity (Wildman–Crippen MR) is 294 cm³/mol. The van der Waals surface area contributed by atoms with Gasteiger partial charge < -0.3 is 44.2 Å². The van der Waals surface area contributed by atoms with Crippen molar-refractivity contribution in [3.8, 4) is 22.4 Å². The molecule has 8 rings (SSSR count). The molecule has 6 aromatic rings. The van der Waals surface area contributed by atoms with Crippen molar-refractivity contribution in [3.63, 3.8) is 0 Å². The van der Waals surface area contributed by atoms with Gasteiger partial charge in [0.25, 0.3) is 9.84 Å². The highest BCUT2D eigenvalue weighted by atomic mass is 35.5. The van der Waals surface area contributed by atoms with Crippen LogP contribution in [-0.2, 0) is 18.9 Å². The van der Waals surface area contributed by atoms with Crippen LogP contribution in [0.1, 0.15) is 55.2 Å². The number of hydrogen-bond acceptors (Lipinski definition) is 12. The highest BCUT2D eigenvalue weighted by Crippen LogP contribution is 2.44. The molecule has 22 heteroatoms. The van der Waals surface area contributed by atoms with Crippen LogP contribution in [0.2, 0.25) is 5.02 Å². The van der Waals surface area contributed by atoms with Gasteiger partial charge in [0, 0.05) is 107 Å². The van der Waals surface area contributed by atoms with Crippen LogP contribution in [0.5, 0.6) is 0 Å². The zero-order valence-corrected chi connectivity index (χ0v) is 45.5. The molecule has 2 aliphatic heterocycles. The number of anilines is 4. The molecule has 0 spiro atoms. The number of sulfone groups is 1. The lowest BCUT2D eigenvalue weighted by molar-refractivity contribution is -0.0436. The largest absolute Gasteiger partial charge is 0.501 e. The van der Waals surface area contributed by atoms with Crippen LogP contribution < -0.4 is 19.8 Å². The highest BCUT2D eigenvalue weighted by molar-refractivity contribution is 8.00. The summed E-state index contributed by atoms with van der Waals surface area (Å²) in [5.41, 5.74) is 0.918. The van der Waals surface area contributed by atoms with Crippen molar-refractivity contribution in [1.82, 2.24) is 9.47 Å². The third-order valence-electron chi connectivity index (χ3n) is 13.3. The van der Waals surface area contributed by atoms with Gasteiger partial charge in [-0.15, -0.1) is 11.8 Å². The number of carboxylic acid groups (broad SMARTS) is 1. The third-order valence-corrected chi connectivity index (χ3v) is 17.7. The molecular weight excluding hydrogens is 1070 g/mol. The summed E-state index contributed by atoms with van der Waals surface area (Å²) in [6.07, 6.45) is 0.634. The SMILES string of the molecule is Cc1c(C(=O)O)c(-c2cccc(N3CCN(c4ccc(NSc5ccc(NC(CCN6CCC(OP(=O)(O)O)CC6)CSc6ccccc6)c(S(=O)(=O)C(F)(F)F)c5)cc4)CC3)c2)c(-c2ccc(Cl)cc2)n1C(C)C. The normalized spacial score (nSPS) is 15.6. The maximum Gasteiger partial charge on any atom is 0.501 e. The number of rotatable bonds is 20. The number of carbonyl (C=O) groups is 1. The van der Waals surface area contributed by atoms with E-state index in [9.17, 15) is 45.8 Å². The first-order valence-corrected chi connectivity index (χ1v) is 29.6. The number of nitrogens with zero attached hydrogens (tertiary/aromatic N) is 4. The zero-order chi connectivity index (χ0) is 53.7. The van der Waals surface area contributed by atoms with Gasteiger partial charge in [-0.2, -0.15) is 13.2 Å². The topological polar surface area (TPSA) is 177 Å². The van der Waals surface area contributed by atoms with E-state index in [1.54, 1.807) is 6.07 Å². The Balaban J connectivity index is 0.926. The van der Waals surface area contributed by atoms with Gasteiger partial charge >= 0.3 is 19.3 Å². The molecule has 1 aromatic heterocycles. The summed E-state index contributed by atoms with van der Waals surface area (Å²) < 4.78 is 90.8. The number of piperidine rings is 1. The average molecular weight is 1130 g/mol. The minimum Gasteiger partial charge on any atom is -0.478 e. The Morgan fingerprint density at radius 2 is 1.48 bits per heavy atom. The Bertz CT molecular complexity index is 3100. The Kier molecular flexibility index (Phi) is 18.0. The first kappa shape index (κ1) is 56.1. The van der Waals surface area contributed by atoms with Gasteiger partial charge in [-0.3, -0.25) is 4.52 Å². The number of thioether (sulfide) groups is 1. The standard InChI is InChI=1S/C53H59ClF3N6O8PS3/c1-35(2)63-36(3)49(52(64)65)50(51(63)37-12-14-39(54)15-13-37)38-8-7-9-43(32-38)62-30-28-61(29-31-62)42-18-16-40(17-19-42)59-74-46-20-21-47(48(33-46)75(69,70)53(55,56)57)58-41(34-73-45-10-5-4-6-11-45)22-25-60-26-23-44(24-27-60)71-72(66,67)68/h4-21,32-33,35,41,44,58-59H,22-31,34H2,1-3H3,(H,64,65)(H2,66,67,68). The number of aromatic nitrogens is 1. The number of phosphoric ester groups is 1. The van der Waals surface area contributed by atoms with Gasteiger partial charge in [-0.1, -0.05) is 54.1 Å². The molecule has 1 unspecified atom stereocenters. The molecule has 0 radical (unpaired) electrons. The van der Waals surface area contributed by atoms with Crippen molar-refractivity contribution in [3.05, 3.63) is 138 Å². The summed E-state index contributed by atoms with van der Waals surface area (Å²) in [4.78, 5) is 38.3. The molecule has 3 heterocycles.